The smallest absolute Gasteiger partial charge is 0.123 e. The van der Waals surface area contributed by atoms with Gasteiger partial charge in [0.2, 0.25) is 0 Å². The van der Waals surface area contributed by atoms with Crippen LogP contribution in [0.2, 0.25) is 0 Å². The lowest BCUT2D eigenvalue weighted by molar-refractivity contribution is 0.214. The molecule has 0 radical (unpaired) electrons. The Kier molecular flexibility index (Phi) is 4.05. The van der Waals surface area contributed by atoms with Gasteiger partial charge in [0.1, 0.15) is 5.75 Å². The highest BCUT2D eigenvalue weighted by Gasteiger charge is 2.23. The molecular formula is C12H18O2S. The molecule has 1 aromatic carbocycles. The maximum atomic E-state index is 9.33. The Bertz CT molecular complexity index is 334. The third kappa shape index (κ3) is 2.67. The molecule has 0 unspecified atom stereocenters. The third-order valence-electron chi connectivity index (χ3n) is 2.53. The molecule has 84 valence electrons. The summed E-state index contributed by atoms with van der Waals surface area (Å²) in [5.41, 5.74) is 0.785. The van der Waals surface area contributed by atoms with E-state index in [-0.39, 0.29) is 12.0 Å². The summed E-state index contributed by atoms with van der Waals surface area (Å²) in [5, 5.41) is 9.33. The number of aliphatic hydroxyl groups excluding tert-OH is 1. The van der Waals surface area contributed by atoms with Gasteiger partial charge in [-0.15, -0.1) is 11.8 Å². The van der Waals surface area contributed by atoms with Crippen LogP contribution < -0.4 is 4.74 Å². The van der Waals surface area contributed by atoms with Gasteiger partial charge in [-0.1, -0.05) is 19.9 Å². The van der Waals surface area contributed by atoms with Crippen molar-refractivity contribution in [2.75, 3.05) is 20.0 Å². The van der Waals surface area contributed by atoms with E-state index >= 15 is 0 Å². The SMILES string of the molecule is COc1cc(SC)ccc1C(C)(C)CO. The molecule has 0 fully saturated rings. The van der Waals surface area contributed by atoms with E-state index in [1.165, 1.54) is 4.90 Å². The van der Waals surface area contributed by atoms with Crippen LogP contribution in [0.1, 0.15) is 19.4 Å². The fourth-order valence-corrected chi connectivity index (χ4v) is 1.87. The van der Waals surface area contributed by atoms with Crippen LogP contribution in [0.15, 0.2) is 23.1 Å². The molecule has 0 saturated carbocycles. The standard InChI is InChI=1S/C12H18O2S/c1-12(2,8-13)10-6-5-9(15-4)7-11(10)14-3/h5-7,13H,8H2,1-4H3. The molecular weight excluding hydrogens is 208 g/mol. The minimum atomic E-state index is -0.262. The zero-order chi connectivity index (χ0) is 11.5. The van der Waals surface area contributed by atoms with E-state index in [0.29, 0.717) is 0 Å². The van der Waals surface area contributed by atoms with Crippen molar-refractivity contribution in [2.24, 2.45) is 0 Å². The van der Waals surface area contributed by atoms with Crippen molar-refractivity contribution in [1.82, 2.24) is 0 Å². The molecule has 1 aromatic rings. The van der Waals surface area contributed by atoms with E-state index in [4.69, 9.17) is 4.74 Å². The van der Waals surface area contributed by atoms with Crippen molar-refractivity contribution in [1.29, 1.82) is 0 Å². The number of thioether (sulfide) groups is 1. The van der Waals surface area contributed by atoms with Crippen LogP contribution in [0.5, 0.6) is 5.75 Å². The molecule has 15 heavy (non-hydrogen) atoms. The number of benzene rings is 1. The van der Waals surface area contributed by atoms with Gasteiger partial charge >= 0.3 is 0 Å². The minimum Gasteiger partial charge on any atom is -0.496 e. The summed E-state index contributed by atoms with van der Waals surface area (Å²) >= 11 is 1.68. The summed E-state index contributed by atoms with van der Waals surface area (Å²) in [7, 11) is 1.66. The van der Waals surface area contributed by atoms with Crippen LogP contribution in [0.3, 0.4) is 0 Å². The first-order valence-electron chi connectivity index (χ1n) is 4.88. The van der Waals surface area contributed by atoms with Crippen LogP contribution in [0, 0.1) is 0 Å². The second kappa shape index (κ2) is 4.90. The Morgan fingerprint density at radius 1 is 1.40 bits per heavy atom. The van der Waals surface area contributed by atoms with E-state index in [1.807, 2.05) is 32.2 Å². The van der Waals surface area contributed by atoms with Crippen LogP contribution >= 0.6 is 11.8 Å². The summed E-state index contributed by atoms with van der Waals surface area (Å²) < 4.78 is 5.35. The van der Waals surface area contributed by atoms with Crippen molar-refractivity contribution in [2.45, 2.75) is 24.2 Å². The Labute approximate surface area is 95.7 Å². The molecule has 0 aliphatic carbocycles. The monoisotopic (exact) mass is 226 g/mol. The number of ether oxygens (including phenoxy) is 1. The zero-order valence-corrected chi connectivity index (χ0v) is 10.5. The first-order valence-corrected chi connectivity index (χ1v) is 6.11. The molecule has 1 N–H and O–H groups in total. The lowest BCUT2D eigenvalue weighted by atomic mass is 9.85. The molecule has 0 aromatic heterocycles. The number of methoxy groups -OCH3 is 1. The predicted octanol–water partition coefficient (Wildman–Crippen LogP) is 2.69. The molecule has 0 amide bonds. The normalized spacial score (nSPS) is 11.5. The summed E-state index contributed by atoms with van der Waals surface area (Å²) in [6.45, 7) is 4.12. The van der Waals surface area contributed by atoms with Crippen molar-refractivity contribution in [3.05, 3.63) is 23.8 Å². The van der Waals surface area contributed by atoms with Gasteiger partial charge in [-0.25, -0.2) is 0 Å². The van der Waals surface area contributed by atoms with Gasteiger partial charge in [-0.2, -0.15) is 0 Å². The Hall–Kier alpha value is -0.670. The predicted molar refractivity (Wildman–Crippen MR) is 64.9 cm³/mol. The fourth-order valence-electron chi connectivity index (χ4n) is 1.44. The lowest BCUT2D eigenvalue weighted by Gasteiger charge is -2.24. The molecule has 3 heteroatoms. The van der Waals surface area contributed by atoms with Crippen LogP contribution in [0.25, 0.3) is 0 Å². The van der Waals surface area contributed by atoms with Gasteiger partial charge in [0.05, 0.1) is 13.7 Å². The van der Waals surface area contributed by atoms with Crippen molar-refractivity contribution < 1.29 is 9.84 Å². The van der Waals surface area contributed by atoms with E-state index in [0.717, 1.165) is 11.3 Å². The molecule has 0 atom stereocenters. The van der Waals surface area contributed by atoms with Gasteiger partial charge in [0.25, 0.3) is 0 Å². The average molecular weight is 226 g/mol. The summed E-state index contributed by atoms with van der Waals surface area (Å²) in [5.74, 6) is 0.848. The fraction of sp³-hybridized carbons (Fsp3) is 0.500. The van der Waals surface area contributed by atoms with Gasteiger partial charge in [0.15, 0.2) is 0 Å². The highest BCUT2D eigenvalue weighted by atomic mass is 32.2. The van der Waals surface area contributed by atoms with Gasteiger partial charge in [-0.05, 0) is 18.4 Å². The van der Waals surface area contributed by atoms with Crippen molar-refractivity contribution in [3.8, 4) is 5.75 Å². The van der Waals surface area contributed by atoms with Crippen molar-refractivity contribution in [3.63, 3.8) is 0 Å². The number of hydrogen-bond donors (Lipinski definition) is 1. The summed E-state index contributed by atoms with van der Waals surface area (Å²) in [6, 6.07) is 6.10. The molecule has 1 rings (SSSR count). The van der Waals surface area contributed by atoms with E-state index in [1.54, 1.807) is 18.9 Å². The maximum absolute atomic E-state index is 9.33. The molecule has 0 saturated heterocycles. The third-order valence-corrected chi connectivity index (χ3v) is 3.26. The van der Waals surface area contributed by atoms with Crippen LogP contribution in [-0.2, 0) is 5.41 Å². The molecule has 2 nitrogen and oxygen atoms in total. The molecule has 0 bridgehead atoms. The van der Waals surface area contributed by atoms with Crippen LogP contribution in [-0.4, -0.2) is 25.1 Å². The van der Waals surface area contributed by atoms with E-state index in [9.17, 15) is 5.11 Å². The first kappa shape index (κ1) is 12.4. The first-order chi connectivity index (χ1) is 7.05. The van der Waals surface area contributed by atoms with Gasteiger partial charge in [0, 0.05) is 15.9 Å². The number of aliphatic hydroxyl groups is 1. The second-order valence-electron chi connectivity index (χ2n) is 4.11. The second-order valence-corrected chi connectivity index (χ2v) is 4.99. The molecule has 0 aliphatic rings. The van der Waals surface area contributed by atoms with Gasteiger partial charge < -0.3 is 9.84 Å². The topological polar surface area (TPSA) is 29.5 Å². The minimum absolute atomic E-state index is 0.113. The summed E-state index contributed by atoms with van der Waals surface area (Å²) in [6.07, 6.45) is 2.03. The number of rotatable bonds is 4. The maximum Gasteiger partial charge on any atom is 0.123 e. The quantitative estimate of drug-likeness (QED) is 0.800. The molecule has 0 heterocycles. The average Bonchev–Trinajstić information content (AvgIpc) is 2.28. The lowest BCUT2D eigenvalue weighted by Crippen LogP contribution is -2.22. The van der Waals surface area contributed by atoms with E-state index in [2.05, 4.69) is 6.07 Å². The highest BCUT2D eigenvalue weighted by molar-refractivity contribution is 7.98. The zero-order valence-electron chi connectivity index (χ0n) is 9.70. The Morgan fingerprint density at radius 3 is 2.53 bits per heavy atom. The largest absolute Gasteiger partial charge is 0.496 e. The molecule has 0 aliphatic heterocycles. The number of hydrogen-bond acceptors (Lipinski definition) is 3. The van der Waals surface area contributed by atoms with Crippen LogP contribution in [0.4, 0.5) is 0 Å². The van der Waals surface area contributed by atoms with Gasteiger partial charge in [-0.3, -0.25) is 0 Å². The summed E-state index contributed by atoms with van der Waals surface area (Å²) in [4.78, 5) is 1.17. The Balaban J connectivity index is 3.18. The highest BCUT2D eigenvalue weighted by Crippen LogP contribution is 2.33. The van der Waals surface area contributed by atoms with E-state index < -0.39 is 0 Å². The van der Waals surface area contributed by atoms with Crippen molar-refractivity contribution >= 4 is 11.8 Å². The Morgan fingerprint density at radius 2 is 2.07 bits per heavy atom. The molecule has 0 spiro atoms.